The van der Waals surface area contributed by atoms with E-state index in [0.717, 1.165) is 23.2 Å². The van der Waals surface area contributed by atoms with Gasteiger partial charge in [-0.1, -0.05) is 67.6 Å². The van der Waals surface area contributed by atoms with Gasteiger partial charge in [-0.25, -0.2) is 4.68 Å². The molecule has 3 aromatic rings. The fraction of sp³-hybridized carbons (Fsp3) is 0.190. The molecular formula is C21H21N5O. The number of aromatic nitrogens is 3. The Morgan fingerprint density at radius 1 is 1.11 bits per heavy atom. The molecule has 6 nitrogen and oxygen atoms in total. The van der Waals surface area contributed by atoms with E-state index in [-0.39, 0.29) is 11.9 Å². The molecule has 0 bridgehead atoms. The number of anilines is 2. The number of nitrogens with zero attached hydrogens (tertiary/aromatic N) is 3. The van der Waals surface area contributed by atoms with Crippen molar-refractivity contribution in [3.63, 3.8) is 0 Å². The van der Waals surface area contributed by atoms with Crippen LogP contribution in [-0.4, -0.2) is 20.7 Å². The van der Waals surface area contributed by atoms with Crippen molar-refractivity contribution < 1.29 is 4.79 Å². The van der Waals surface area contributed by atoms with Crippen molar-refractivity contribution >= 4 is 23.5 Å². The third-order valence-corrected chi connectivity index (χ3v) is 4.42. The van der Waals surface area contributed by atoms with E-state index in [0.29, 0.717) is 18.3 Å². The second kappa shape index (κ2) is 7.45. The van der Waals surface area contributed by atoms with Crippen molar-refractivity contribution in [3.05, 3.63) is 77.9 Å². The van der Waals surface area contributed by atoms with E-state index in [1.807, 2.05) is 48.0 Å². The lowest BCUT2D eigenvalue weighted by Gasteiger charge is -2.24. The predicted molar refractivity (Wildman–Crippen MR) is 106 cm³/mol. The highest BCUT2D eigenvalue weighted by Gasteiger charge is 2.25. The van der Waals surface area contributed by atoms with Crippen LogP contribution >= 0.6 is 0 Å². The summed E-state index contributed by atoms with van der Waals surface area (Å²) in [5.41, 5.74) is 3.14. The molecule has 0 spiro atoms. The van der Waals surface area contributed by atoms with Crippen LogP contribution in [0.1, 0.15) is 36.9 Å². The number of hydrogen-bond acceptors (Lipinski definition) is 4. The van der Waals surface area contributed by atoms with Gasteiger partial charge in [-0.05, 0) is 23.6 Å². The molecular weight excluding hydrogens is 338 g/mol. The maximum atomic E-state index is 11.9. The van der Waals surface area contributed by atoms with Gasteiger partial charge in [-0.15, -0.1) is 5.10 Å². The van der Waals surface area contributed by atoms with E-state index < -0.39 is 0 Å². The molecule has 2 aromatic carbocycles. The Morgan fingerprint density at radius 3 is 2.52 bits per heavy atom. The monoisotopic (exact) mass is 359 g/mol. The predicted octanol–water partition coefficient (Wildman–Crippen LogP) is 4.07. The minimum absolute atomic E-state index is 0.0760. The first-order valence-electron chi connectivity index (χ1n) is 9.10. The van der Waals surface area contributed by atoms with Crippen LogP contribution in [0.3, 0.4) is 0 Å². The van der Waals surface area contributed by atoms with Gasteiger partial charge in [0.15, 0.2) is 0 Å². The van der Waals surface area contributed by atoms with Crippen molar-refractivity contribution in [2.45, 2.75) is 25.8 Å². The molecule has 1 aliphatic rings. The first-order chi connectivity index (χ1) is 13.2. The number of allylic oxidation sites excluding steroid dienone is 1. The summed E-state index contributed by atoms with van der Waals surface area (Å²) in [6.07, 6.45) is 3.36. The van der Waals surface area contributed by atoms with Crippen LogP contribution < -0.4 is 10.6 Å². The Morgan fingerprint density at radius 2 is 1.81 bits per heavy atom. The highest BCUT2D eigenvalue weighted by Crippen LogP contribution is 2.33. The molecule has 4 rings (SSSR count). The fourth-order valence-electron chi connectivity index (χ4n) is 3.13. The number of carbonyl (C=O) groups excluding carboxylic acids is 1. The summed E-state index contributed by atoms with van der Waals surface area (Å²) in [5, 5.41) is 10.6. The van der Waals surface area contributed by atoms with Gasteiger partial charge in [0.05, 0.1) is 0 Å². The number of nitrogens with one attached hydrogen (secondary N) is 2. The quantitative estimate of drug-likeness (QED) is 0.720. The number of carbonyl (C=O) groups is 1. The smallest absolute Gasteiger partial charge is 0.250 e. The van der Waals surface area contributed by atoms with E-state index in [1.165, 1.54) is 0 Å². The summed E-state index contributed by atoms with van der Waals surface area (Å²) in [5.74, 6) is 0.851. The molecule has 0 unspecified atom stereocenters. The van der Waals surface area contributed by atoms with Crippen LogP contribution in [-0.2, 0) is 4.79 Å². The van der Waals surface area contributed by atoms with Crippen LogP contribution in [0.5, 0.6) is 0 Å². The lowest BCUT2D eigenvalue weighted by Crippen LogP contribution is -2.20. The van der Waals surface area contributed by atoms with Gasteiger partial charge in [0.1, 0.15) is 6.04 Å². The van der Waals surface area contributed by atoms with Gasteiger partial charge in [-0.2, -0.15) is 4.98 Å². The van der Waals surface area contributed by atoms with Gasteiger partial charge in [0, 0.05) is 12.1 Å². The molecule has 6 heteroatoms. The molecule has 0 radical (unpaired) electrons. The average molecular weight is 359 g/mol. The number of fused-ring (bicyclic) bond motifs is 1. The van der Waals surface area contributed by atoms with E-state index in [1.54, 1.807) is 0 Å². The third kappa shape index (κ3) is 3.60. The Labute approximate surface area is 157 Å². The minimum Gasteiger partial charge on any atom is -0.324 e. The van der Waals surface area contributed by atoms with Gasteiger partial charge < -0.3 is 5.32 Å². The maximum absolute atomic E-state index is 11.9. The summed E-state index contributed by atoms with van der Waals surface area (Å²) in [6, 6.07) is 20.1. The maximum Gasteiger partial charge on any atom is 0.250 e. The molecule has 2 heterocycles. The normalized spacial score (nSPS) is 15.4. The molecule has 27 heavy (non-hydrogen) atoms. The van der Waals surface area contributed by atoms with Crippen LogP contribution in [0.4, 0.5) is 11.9 Å². The van der Waals surface area contributed by atoms with Crippen molar-refractivity contribution in [2.75, 3.05) is 10.6 Å². The number of hydrogen-bond donors (Lipinski definition) is 2. The van der Waals surface area contributed by atoms with E-state index in [4.69, 9.17) is 0 Å². The number of benzene rings is 2. The highest BCUT2D eigenvalue weighted by molar-refractivity contribution is 5.89. The summed E-state index contributed by atoms with van der Waals surface area (Å²) in [7, 11) is 0. The summed E-state index contributed by atoms with van der Waals surface area (Å²) >= 11 is 0. The number of rotatable bonds is 5. The highest BCUT2D eigenvalue weighted by atomic mass is 16.1. The van der Waals surface area contributed by atoms with E-state index in [2.05, 4.69) is 51.1 Å². The molecule has 1 aliphatic heterocycles. The second-order valence-corrected chi connectivity index (χ2v) is 6.43. The zero-order valence-electron chi connectivity index (χ0n) is 15.1. The van der Waals surface area contributed by atoms with Crippen molar-refractivity contribution in [3.8, 4) is 0 Å². The first-order valence-corrected chi connectivity index (χ1v) is 9.10. The number of amides is 1. The van der Waals surface area contributed by atoms with Crippen LogP contribution in [0, 0.1) is 0 Å². The molecule has 2 N–H and O–H groups in total. The lowest BCUT2D eigenvalue weighted by atomic mass is 10.0. The van der Waals surface area contributed by atoms with E-state index in [9.17, 15) is 4.79 Å². The topological polar surface area (TPSA) is 71.8 Å². The van der Waals surface area contributed by atoms with Crippen molar-refractivity contribution in [1.82, 2.24) is 14.8 Å². The Balaban J connectivity index is 1.73. The van der Waals surface area contributed by atoms with Crippen molar-refractivity contribution in [2.24, 2.45) is 0 Å². The van der Waals surface area contributed by atoms with Crippen LogP contribution in [0.2, 0.25) is 0 Å². The Hall–Kier alpha value is -3.41. The summed E-state index contributed by atoms with van der Waals surface area (Å²) in [6.45, 7) is 1.97. The van der Waals surface area contributed by atoms with Gasteiger partial charge >= 0.3 is 0 Å². The molecule has 0 fully saturated rings. The zero-order valence-corrected chi connectivity index (χ0v) is 15.1. The van der Waals surface area contributed by atoms with Gasteiger partial charge in [0.25, 0.3) is 5.95 Å². The molecule has 1 aromatic heterocycles. The first kappa shape index (κ1) is 17.0. The standard InChI is InChI=1S/C21H21N5O/c1-2-9-19(27)23-20-24-21-22-17(15-10-5-3-6-11-15)14-18(26(21)25-20)16-12-7-4-8-13-16/h3-8,10-14,18H,2,9H2,1H3,(H2,22,23,24,25,27)/t18-/m0/s1. The van der Waals surface area contributed by atoms with Gasteiger partial charge in [-0.3, -0.25) is 10.1 Å². The molecule has 0 aliphatic carbocycles. The molecule has 136 valence electrons. The SMILES string of the molecule is CCCC(=O)Nc1nc2n(n1)[C@H](c1ccccc1)C=C(c1ccccc1)N2. The summed E-state index contributed by atoms with van der Waals surface area (Å²) in [4.78, 5) is 16.4. The molecule has 1 atom stereocenters. The third-order valence-electron chi connectivity index (χ3n) is 4.42. The molecule has 1 amide bonds. The van der Waals surface area contributed by atoms with Crippen molar-refractivity contribution in [1.29, 1.82) is 0 Å². The van der Waals surface area contributed by atoms with Gasteiger partial charge in [0.2, 0.25) is 11.9 Å². The Bertz CT molecular complexity index is 963. The molecule has 0 saturated carbocycles. The summed E-state index contributed by atoms with van der Waals surface area (Å²) < 4.78 is 1.81. The van der Waals surface area contributed by atoms with Crippen LogP contribution in [0.15, 0.2) is 66.7 Å². The second-order valence-electron chi connectivity index (χ2n) is 6.43. The lowest BCUT2D eigenvalue weighted by molar-refractivity contribution is -0.116. The Kier molecular flexibility index (Phi) is 4.70. The average Bonchev–Trinajstić information content (AvgIpc) is 3.11. The van der Waals surface area contributed by atoms with Crippen LogP contribution in [0.25, 0.3) is 5.70 Å². The fourth-order valence-corrected chi connectivity index (χ4v) is 3.13. The largest absolute Gasteiger partial charge is 0.324 e. The minimum atomic E-state index is -0.109. The van der Waals surface area contributed by atoms with E-state index >= 15 is 0 Å². The molecule has 0 saturated heterocycles. The zero-order chi connectivity index (χ0) is 18.6.